The van der Waals surface area contributed by atoms with E-state index in [1.165, 1.54) is 7.11 Å². The maximum Gasteiger partial charge on any atom is 0.284 e. The number of pyridine rings is 1. The average molecular weight is 266 g/mol. The minimum absolute atomic E-state index is 0.0396. The molecule has 0 fully saturated rings. The molecule has 0 amide bonds. The molecule has 1 rings (SSSR count). The molecule has 0 bridgehead atoms. The van der Waals surface area contributed by atoms with Gasteiger partial charge in [0.15, 0.2) is 12.0 Å². The highest BCUT2D eigenvalue weighted by atomic mass is 79.9. The van der Waals surface area contributed by atoms with Crippen LogP contribution >= 0.6 is 15.9 Å². The Labute approximate surface area is 87.2 Å². The van der Waals surface area contributed by atoms with Crippen molar-refractivity contribution in [2.24, 2.45) is 0 Å². The fraction of sp³-hybridized carbons (Fsp3) is 0.250. The molecular formula is C8H6BrF2NO2. The summed E-state index contributed by atoms with van der Waals surface area (Å²) in [6.07, 6.45) is -1.18. The second-order valence-electron chi connectivity index (χ2n) is 2.36. The quantitative estimate of drug-likeness (QED) is 0.789. The number of carbonyl (C=O) groups excluding carboxylic acids is 1. The van der Waals surface area contributed by atoms with E-state index in [2.05, 4.69) is 20.9 Å². The van der Waals surface area contributed by atoms with Crippen LogP contribution in [0, 0.1) is 0 Å². The maximum absolute atomic E-state index is 12.4. The van der Waals surface area contributed by atoms with Gasteiger partial charge in [0.1, 0.15) is 5.69 Å². The van der Waals surface area contributed by atoms with Gasteiger partial charge < -0.3 is 4.74 Å². The van der Waals surface area contributed by atoms with Crippen molar-refractivity contribution in [1.29, 1.82) is 0 Å². The lowest BCUT2D eigenvalue weighted by molar-refractivity contribution is 0.111. The predicted molar refractivity (Wildman–Crippen MR) is 48.8 cm³/mol. The Morgan fingerprint density at radius 2 is 2.29 bits per heavy atom. The lowest BCUT2D eigenvalue weighted by Crippen LogP contribution is -2.01. The molecule has 0 radical (unpaired) electrons. The Kier molecular flexibility index (Phi) is 3.51. The molecule has 14 heavy (non-hydrogen) atoms. The van der Waals surface area contributed by atoms with Gasteiger partial charge in [-0.05, 0) is 15.9 Å². The maximum atomic E-state index is 12.4. The van der Waals surface area contributed by atoms with E-state index in [-0.39, 0.29) is 11.3 Å². The van der Waals surface area contributed by atoms with Gasteiger partial charge in [0.2, 0.25) is 0 Å². The number of ether oxygens (including phenoxy) is 1. The molecule has 1 heterocycles. The summed E-state index contributed by atoms with van der Waals surface area (Å²) in [5.74, 6) is -0.190. The molecule has 0 atom stereocenters. The van der Waals surface area contributed by atoms with E-state index in [0.29, 0.717) is 10.8 Å². The first-order chi connectivity index (χ1) is 6.61. The number of aromatic nitrogens is 1. The van der Waals surface area contributed by atoms with Gasteiger partial charge >= 0.3 is 0 Å². The van der Waals surface area contributed by atoms with Crippen LogP contribution in [0.1, 0.15) is 22.5 Å². The highest BCUT2D eigenvalue weighted by molar-refractivity contribution is 9.10. The van der Waals surface area contributed by atoms with Crippen LogP contribution in [0.25, 0.3) is 0 Å². The Bertz CT molecular complexity index is 357. The molecule has 0 saturated heterocycles. The van der Waals surface area contributed by atoms with E-state index < -0.39 is 12.1 Å². The van der Waals surface area contributed by atoms with Crippen molar-refractivity contribution >= 4 is 22.2 Å². The Morgan fingerprint density at radius 3 is 2.71 bits per heavy atom. The molecule has 0 aliphatic carbocycles. The van der Waals surface area contributed by atoms with Gasteiger partial charge in [-0.1, -0.05) is 0 Å². The average Bonchev–Trinajstić information content (AvgIpc) is 2.16. The van der Waals surface area contributed by atoms with Crippen molar-refractivity contribution < 1.29 is 18.3 Å². The number of halogens is 3. The molecular weight excluding hydrogens is 260 g/mol. The van der Waals surface area contributed by atoms with Gasteiger partial charge in [0.05, 0.1) is 17.1 Å². The van der Waals surface area contributed by atoms with Gasteiger partial charge in [-0.3, -0.25) is 9.78 Å². The highest BCUT2D eigenvalue weighted by Gasteiger charge is 2.20. The number of methoxy groups -OCH3 is 1. The number of hydrogen-bond acceptors (Lipinski definition) is 3. The summed E-state index contributed by atoms with van der Waals surface area (Å²) in [7, 11) is 1.21. The molecule has 0 aromatic carbocycles. The molecule has 76 valence electrons. The van der Waals surface area contributed by atoms with Gasteiger partial charge in [-0.25, -0.2) is 8.78 Å². The third kappa shape index (κ3) is 1.89. The topological polar surface area (TPSA) is 39.2 Å². The molecule has 0 saturated carbocycles. The van der Waals surface area contributed by atoms with Crippen LogP contribution in [0.3, 0.4) is 0 Å². The van der Waals surface area contributed by atoms with Crippen molar-refractivity contribution in [3.05, 3.63) is 21.9 Å². The molecule has 1 aromatic heterocycles. The van der Waals surface area contributed by atoms with Gasteiger partial charge in [0, 0.05) is 6.20 Å². The summed E-state index contributed by atoms with van der Waals surface area (Å²) < 4.78 is 29.8. The zero-order valence-corrected chi connectivity index (χ0v) is 8.72. The third-order valence-electron chi connectivity index (χ3n) is 1.58. The van der Waals surface area contributed by atoms with Crippen molar-refractivity contribution in [2.75, 3.05) is 7.11 Å². The summed E-state index contributed by atoms with van der Waals surface area (Å²) in [5.41, 5.74) is -0.490. The molecule has 6 heteroatoms. The normalized spacial score (nSPS) is 10.4. The monoisotopic (exact) mass is 265 g/mol. The number of hydrogen-bond donors (Lipinski definition) is 0. The first kappa shape index (κ1) is 11.0. The summed E-state index contributed by atoms with van der Waals surface area (Å²) in [6.45, 7) is 0. The van der Waals surface area contributed by atoms with Crippen LogP contribution in [0.5, 0.6) is 5.75 Å². The van der Waals surface area contributed by atoms with Gasteiger partial charge in [-0.2, -0.15) is 0 Å². The van der Waals surface area contributed by atoms with Crippen molar-refractivity contribution in [3.63, 3.8) is 0 Å². The van der Waals surface area contributed by atoms with Crippen LogP contribution in [0.4, 0.5) is 8.78 Å². The van der Waals surface area contributed by atoms with E-state index in [9.17, 15) is 13.6 Å². The minimum atomic E-state index is -2.77. The smallest absolute Gasteiger partial charge is 0.284 e. The minimum Gasteiger partial charge on any atom is -0.494 e. The van der Waals surface area contributed by atoms with Crippen LogP contribution in [0.15, 0.2) is 10.7 Å². The predicted octanol–water partition coefficient (Wildman–Crippen LogP) is 2.60. The van der Waals surface area contributed by atoms with Gasteiger partial charge in [0.25, 0.3) is 6.43 Å². The molecule has 0 aliphatic rings. The van der Waals surface area contributed by atoms with Gasteiger partial charge in [-0.15, -0.1) is 0 Å². The number of nitrogens with zero attached hydrogens (tertiary/aromatic N) is 1. The Balaban J connectivity index is 3.40. The highest BCUT2D eigenvalue weighted by Crippen LogP contribution is 2.32. The number of aldehydes is 1. The second-order valence-corrected chi connectivity index (χ2v) is 3.21. The van der Waals surface area contributed by atoms with Crippen molar-refractivity contribution in [2.45, 2.75) is 6.43 Å². The fourth-order valence-electron chi connectivity index (χ4n) is 0.981. The molecule has 0 spiro atoms. The Hall–Kier alpha value is -1.04. The first-order valence-corrected chi connectivity index (χ1v) is 4.36. The van der Waals surface area contributed by atoms with E-state index in [1.54, 1.807) is 0 Å². The van der Waals surface area contributed by atoms with Crippen molar-refractivity contribution in [1.82, 2.24) is 4.98 Å². The number of carbonyl (C=O) groups is 1. The van der Waals surface area contributed by atoms with E-state index in [0.717, 1.165) is 6.20 Å². The SMILES string of the molecule is COc1c(C(F)F)ncc(Br)c1C=O. The second kappa shape index (κ2) is 4.45. The van der Waals surface area contributed by atoms with Crippen LogP contribution in [-0.2, 0) is 0 Å². The number of alkyl halides is 2. The Morgan fingerprint density at radius 1 is 1.64 bits per heavy atom. The standard InChI is InChI=1S/C8H6BrF2NO2/c1-14-7-4(3-13)5(9)2-12-6(7)8(10)11/h2-3,8H,1H3. The number of rotatable bonds is 3. The van der Waals surface area contributed by atoms with E-state index in [4.69, 9.17) is 4.74 Å². The summed E-state index contributed by atoms with van der Waals surface area (Å²) in [5, 5.41) is 0. The molecule has 0 N–H and O–H groups in total. The molecule has 3 nitrogen and oxygen atoms in total. The van der Waals surface area contributed by atoms with E-state index in [1.807, 2.05) is 0 Å². The van der Waals surface area contributed by atoms with Crippen LogP contribution < -0.4 is 4.74 Å². The summed E-state index contributed by atoms with van der Waals surface area (Å²) >= 11 is 3.01. The molecule has 1 aromatic rings. The van der Waals surface area contributed by atoms with E-state index >= 15 is 0 Å². The molecule has 0 aliphatic heterocycles. The lowest BCUT2D eigenvalue weighted by Gasteiger charge is -2.09. The first-order valence-electron chi connectivity index (χ1n) is 3.57. The molecule has 0 unspecified atom stereocenters. The van der Waals surface area contributed by atoms with Crippen LogP contribution in [-0.4, -0.2) is 18.4 Å². The summed E-state index contributed by atoms with van der Waals surface area (Å²) in [6, 6.07) is 0. The third-order valence-corrected chi connectivity index (χ3v) is 2.21. The fourth-order valence-corrected chi connectivity index (χ4v) is 1.36. The zero-order chi connectivity index (χ0) is 10.7. The zero-order valence-electron chi connectivity index (χ0n) is 7.13. The summed E-state index contributed by atoms with van der Waals surface area (Å²) in [4.78, 5) is 14.1. The lowest BCUT2D eigenvalue weighted by atomic mass is 10.2. The largest absolute Gasteiger partial charge is 0.494 e. The van der Waals surface area contributed by atoms with Crippen molar-refractivity contribution in [3.8, 4) is 5.75 Å². The van der Waals surface area contributed by atoms with Crippen LogP contribution in [0.2, 0.25) is 0 Å².